The average molecular weight is 532 g/mol. The maximum Gasteiger partial charge on any atom is 0.295 e. The second-order valence-electron chi connectivity index (χ2n) is 9.66. The molecule has 0 spiro atoms. The van der Waals surface area contributed by atoms with Crippen LogP contribution in [-0.2, 0) is 16.1 Å². The zero-order valence-electron chi connectivity index (χ0n) is 22.1. The Labute approximate surface area is 227 Å². The van der Waals surface area contributed by atoms with Gasteiger partial charge in [0, 0.05) is 18.5 Å². The molecule has 9 nitrogen and oxygen atoms in total. The van der Waals surface area contributed by atoms with Crippen molar-refractivity contribution in [1.82, 2.24) is 9.88 Å². The summed E-state index contributed by atoms with van der Waals surface area (Å²) in [6.07, 6.45) is 9.25. The molecular weight excluding hydrogens is 498 g/mol. The lowest BCUT2D eigenvalue weighted by Gasteiger charge is -2.28. The number of hydrogen-bond donors (Lipinski definition) is 1. The van der Waals surface area contributed by atoms with Crippen LogP contribution in [0.25, 0.3) is 5.76 Å². The molecule has 204 valence electrons. The molecule has 0 radical (unpaired) electrons. The van der Waals surface area contributed by atoms with Gasteiger partial charge in [-0.2, -0.15) is 0 Å². The molecule has 1 aromatic heterocycles. The van der Waals surface area contributed by atoms with Crippen LogP contribution in [0.4, 0.5) is 0 Å². The summed E-state index contributed by atoms with van der Waals surface area (Å²) >= 11 is 0. The number of H-pyrrole nitrogens is 1. The van der Waals surface area contributed by atoms with Gasteiger partial charge in [-0.3, -0.25) is 14.6 Å². The van der Waals surface area contributed by atoms with Gasteiger partial charge in [0.15, 0.2) is 11.5 Å². The largest absolute Gasteiger partial charge is 0.872 e. The summed E-state index contributed by atoms with van der Waals surface area (Å²) < 4.78 is 19.1. The van der Waals surface area contributed by atoms with Crippen LogP contribution in [0.2, 0.25) is 0 Å². The minimum absolute atomic E-state index is 0.0610. The van der Waals surface area contributed by atoms with Crippen LogP contribution in [0.1, 0.15) is 49.8 Å². The van der Waals surface area contributed by atoms with Crippen molar-refractivity contribution < 1.29 is 33.5 Å². The SMILES string of the molecule is CCCCCOc1cccc(C2C(=C([O-])c3ccc4c(c3)OCCO4)C(=O)C(=O)N2CCC[n+]2cc[nH]c2)c1. The second kappa shape index (κ2) is 12.1. The van der Waals surface area contributed by atoms with Crippen LogP contribution in [0.3, 0.4) is 0 Å². The molecule has 0 aliphatic carbocycles. The number of nitrogens with one attached hydrogen (secondary N) is 1. The first-order valence-corrected chi connectivity index (χ1v) is 13.5. The molecule has 2 aliphatic heterocycles. The van der Waals surface area contributed by atoms with E-state index in [2.05, 4.69) is 11.9 Å². The maximum absolute atomic E-state index is 13.8. The Morgan fingerprint density at radius 3 is 2.74 bits per heavy atom. The summed E-state index contributed by atoms with van der Waals surface area (Å²) in [6, 6.07) is 11.4. The molecule has 1 amide bonds. The lowest BCUT2D eigenvalue weighted by atomic mass is 9.95. The van der Waals surface area contributed by atoms with Crippen molar-refractivity contribution in [2.75, 3.05) is 26.4 Å². The number of fused-ring (bicyclic) bond motifs is 1. The molecule has 1 saturated heterocycles. The molecule has 3 aromatic rings. The summed E-state index contributed by atoms with van der Waals surface area (Å²) in [6.45, 7) is 4.48. The number of likely N-dealkylation sites (tertiary alicyclic amines) is 1. The highest BCUT2D eigenvalue weighted by Gasteiger charge is 2.44. The second-order valence-corrected chi connectivity index (χ2v) is 9.66. The van der Waals surface area contributed by atoms with Gasteiger partial charge in [0.05, 0.1) is 19.2 Å². The molecule has 2 aromatic carbocycles. The van der Waals surface area contributed by atoms with Crippen LogP contribution in [0.5, 0.6) is 17.2 Å². The number of Topliss-reactive ketones (excluding diaryl/α,β-unsaturated/α-hetero) is 1. The van der Waals surface area contributed by atoms with E-state index in [0.29, 0.717) is 62.1 Å². The first-order chi connectivity index (χ1) is 19.1. The molecule has 0 saturated carbocycles. The van der Waals surface area contributed by atoms with Gasteiger partial charge in [-0.1, -0.05) is 43.7 Å². The van der Waals surface area contributed by atoms with E-state index in [0.717, 1.165) is 19.3 Å². The highest BCUT2D eigenvalue weighted by molar-refractivity contribution is 6.46. The molecule has 2 aliphatic rings. The summed E-state index contributed by atoms with van der Waals surface area (Å²) in [5, 5.41) is 13.8. The Bertz CT molecular complexity index is 1350. The van der Waals surface area contributed by atoms with Gasteiger partial charge in [-0.15, -0.1) is 0 Å². The van der Waals surface area contributed by atoms with Crippen molar-refractivity contribution >= 4 is 17.4 Å². The molecule has 1 N–H and O–H groups in total. The molecule has 3 heterocycles. The standard InChI is InChI=1S/C30H33N3O6/c1-2-3-4-15-37-23-8-5-7-21(18-23)27-26(28(34)22-9-10-24-25(19-22)39-17-16-38-24)29(35)30(36)33(27)13-6-12-32-14-11-31-20-32/h5,7-11,14,18-20,27H,2-4,6,12-13,15-17H2,1H3,(H,34,35). The van der Waals surface area contributed by atoms with E-state index >= 15 is 0 Å². The lowest BCUT2D eigenvalue weighted by molar-refractivity contribution is -0.695. The number of carbonyl (C=O) groups excluding carboxylic acids is 2. The van der Waals surface area contributed by atoms with Crippen LogP contribution in [0, 0.1) is 0 Å². The van der Waals surface area contributed by atoms with E-state index in [9.17, 15) is 14.7 Å². The zero-order valence-corrected chi connectivity index (χ0v) is 22.1. The summed E-state index contributed by atoms with van der Waals surface area (Å²) in [5.41, 5.74) is 0.878. The average Bonchev–Trinajstić information content (AvgIpc) is 3.57. The van der Waals surface area contributed by atoms with Crippen molar-refractivity contribution in [3.8, 4) is 17.2 Å². The molecule has 9 heteroatoms. The van der Waals surface area contributed by atoms with Crippen LogP contribution in [-0.4, -0.2) is 47.9 Å². The van der Waals surface area contributed by atoms with Crippen molar-refractivity contribution in [3.63, 3.8) is 0 Å². The Morgan fingerprint density at radius 2 is 1.95 bits per heavy atom. The maximum atomic E-state index is 13.8. The molecule has 1 fully saturated rings. The Kier molecular flexibility index (Phi) is 8.15. The normalized spacial score (nSPS) is 18.0. The van der Waals surface area contributed by atoms with Gasteiger partial charge in [0.25, 0.3) is 5.91 Å². The quantitative estimate of drug-likeness (QED) is 0.134. The fraction of sp³-hybridized carbons (Fsp3) is 0.367. The predicted molar refractivity (Wildman–Crippen MR) is 141 cm³/mol. The molecular formula is C30H33N3O6. The van der Waals surface area contributed by atoms with Gasteiger partial charge >= 0.3 is 0 Å². The number of unbranched alkanes of at least 4 members (excludes halogenated alkanes) is 2. The summed E-state index contributed by atoms with van der Waals surface area (Å²) in [7, 11) is 0. The number of carbonyl (C=O) groups is 2. The summed E-state index contributed by atoms with van der Waals surface area (Å²) in [5.74, 6) is -0.303. The van der Waals surface area contributed by atoms with Crippen molar-refractivity contribution in [1.29, 1.82) is 0 Å². The Morgan fingerprint density at radius 1 is 1.10 bits per heavy atom. The van der Waals surface area contributed by atoms with Gasteiger partial charge in [-0.25, -0.2) is 4.57 Å². The predicted octanol–water partition coefficient (Wildman–Crippen LogP) is 2.96. The van der Waals surface area contributed by atoms with Crippen molar-refractivity contribution in [2.24, 2.45) is 0 Å². The van der Waals surface area contributed by atoms with Crippen LogP contribution >= 0.6 is 0 Å². The van der Waals surface area contributed by atoms with E-state index in [1.807, 2.05) is 47.6 Å². The highest BCUT2D eigenvalue weighted by atomic mass is 16.6. The monoisotopic (exact) mass is 531 g/mol. The number of rotatable bonds is 11. The van der Waals surface area contributed by atoms with Crippen molar-refractivity contribution in [2.45, 2.75) is 45.2 Å². The van der Waals surface area contributed by atoms with Gasteiger partial charge in [-0.05, 0) is 41.8 Å². The van der Waals surface area contributed by atoms with Gasteiger partial charge in [0.2, 0.25) is 12.1 Å². The Balaban J connectivity index is 1.49. The smallest absolute Gasteiger partial charge is 0.295 e. The zero-order chi connectivity index (χ0) is 27.2. The number of ketones is 1. The van der Waals surface area contributed by atoms with E-state index in [-0.39, 0.29) is 11.1 Å². The van der Waals surface area contributed by atoms with Gasteiger partial charge < -0.3 is 24.2 Å². The first-order valence-electron chi connectivity index (χ1n) is 13.5. The third-order valence-electron chi connectivity index (χ3n) is 6.94. The number of nitrogens with zero attached hydrogens (tertiary/aromatic N) is 2. The number of imidazole rings is 1. The van der Waals surface area contributed by atoms with E-state index in [4.69, 9.17) is 14.2 Å². The van der Waals surface area contributed by atoms with Crippen molar-refractivity contribution in [3.05, 3.63) is 77.9 Å². The fourth-order valence-electron chi connectivity index (χ4n) is 4.99. The molecule has 5 rings (SSSR count). The number of aromatic nitrogens is 2. The number of hydrogen-bond acceptors (Lipinski definition) is 6. The fourth-order valence-corrected chi connectivity index (χ4v) is 4.99. The number of aryl methyl sites for hydroxylation is 1. The number of ether oxygens (including phenoxy) is 3. The summed E-state index contributed by atoms with van der Waals surface area (Å²) in [4.78, 5) is 31.2. The Hall–Kier alpha value is -4.27. The van der Waals surface area contributed by atoms with E-state index in [1.54, 1.807) is 18.2 Å². The van der Waals surface area contributed by atoms with Crippen LogP contribution in [0.15, 0.2) is 66.8 Å². The number of benzene rings is 2. The number of aromatic amines is 1. The minimum Gasteiger partial charge on any atom is -0.872 e. The molecule has 1 unspecified atom stereocenters. The van der Waals surface area contributed by atoms with Crippen LogP contribution < -0.4 is 23.9 Å². The molecule has 0 bridgehead atoms. The number of amides is 1. The molecule has 39 heavy (non-hydrogen) atoms. The third-order valence-corrected chi connectivity index (χ3v) is 6.94. The van der Waals surface area contributed by atoms with E-state index < -0.39 is 23.5 Å². The lowest BCUT2D eigenvalue weighted by Crippen LogP contribution is -2.36. The highest BCUT2D eigenvalue weighted by Crippen LogP contribution is 2.41. The third kappa shape index (κ3) is 5.77. The first kappa shape index (κ1) is 26.3. The van der Waals surface area contributed by atoms with E-state index in [1.165, 1.54) is 4.90 Å². The topological polar surface area (TPSA) is 108 Å². The van der Waals surface area contributed by atoms with Gasteiger partial charge in [0.1, 0.15) is 31.4 Å². The minimum atomic E-state index is -0.818. The molecule has 1 atom stereocenters.